The van der Waals surface area contributed by atoms with Gasteiger partial charge in [0.15, 0.2) is 0 Å². The number of nitrogens with two attached hydrogens (primary N) is 1. The van der Waals surface area contributed by atoms with Crippen molar-refractivity contribution < 1.29 is 9.90 Å². The monoisotopic (exact) mass is 544 g/mol. The highest BCUT2D eigenvalue weighted by Gasteiger charge is 2.26. The first-order chi connectivity index (χ1) is 19.2. The summed E-state index contributed by atoms with van der Waals surface area (Å²) in [6.07, 6.45) is 14.9. The third-order valence-corrected chi connectivity index (χ3v) is 7.77. The number of allylic oxidation sites excluding steroid dienone is 6. The van der Waals surface area contributed by atoms with Gasteiger partial charge < -0.3 is 20.6 Å². The molecule has 214 valence electrons. The van der Waals surface area contributed by atoms with E-state index in [4.69, 9.17) is 5.73 Å². The van der Waals surface area contributed by atoms with Gasteiger partial charge in [-0.15, -0.1) is 0 Å². The molecule has 1 amide bonds. The van der Waals surface area contributed by atoms with Gasteiger partial charge in [0.2, 0.25) is 5.91 Å². The van der Waals surface area contributed by atoms with E-state index in [0.29, 0.717) is 18.2 Å². The number of likely N-dealkylation sites (tertiary alicyclic amines) is 1. The molecule has 1 atom stereocenters. The summed E-state index contributed by atoms with van der Waals surface area (Å²) >= 11 is 0. The molecule has 3 heterocycles. The smallest absolute Gasteiger partial charge is 0.249 e. The zero-order valence-corrected chi connectivity index (χ0v) is 24.8. The number of hydrogen-bond donors (Lipinski definition) is 2. The molecule has 4 rings (SSSR count). The molecule has 1 aliphatic carbocycles. The lowest BCUT2D eigenvalue weighted by Gasteiger charge is -2.34. The van der Waals surface area contributed by atoms with E-state index in [9.17, 15) is 15.2 Å². The molecule has 8 heteroatoms. The van der Waals surface area contributed by atoms with E-state index in [1.807, 2.05) is 45.1 Å². The second-order valence-corrected chi connectivity index (χ2v) is 10.5. The fourth-order valence-corrected chi connectivity index (χ4v) is 5.46. The van der Waals surface area contributed by atoms with Crippen molar-refractivity contribution in [2.75, 3.05) is 40.8 Å². The average molecular weight is 545 g/mol. The first-order valence-corrected chi connectivity index (χ1v) is 14.2. The van der Waals surface area contributed by atoms with Gasteiger partial charge in [0.1, 0.15) is 17.5 Å². The van der Waals surface area contributed by atoms with E-state index in [1.54, 1.807) is 43.2 Å². The van der Waals surface area contributed by atoms with Crippen molar-refractivity contribution in [1.29, 1.82) is 5.26 Å². The topological polar surface area (TPSA) is 110 Å². The lowest BCUT2D eigenvalue weighted by molar-refractivity contribution is -0.124. The maximum atomic E-state index is 12.2. The molecule has 2 aliphatic heterocycles. The van der Waals surface area contributed by atoms with Gasteiger partial charge in [-0.1, -0.05) is 37.6 Å². The fourth-order valence-electron chi connectivity index (χ4n) is 5.46. The van der Waals surface area contributed by atoms with Crippen molar-refractivity contribution in [1.82, 2.24) is 19.7 Å². The first kappa shape index (κ1) is 30.9. The van der Waals surface area contributed by atoms with Crippen molar-refractivity contribution in [2.24, 2.45) is 11.7 Å². The van der Waals surface area contributed by atoms with Gasteiger partial charge in [-0.25, -0.2) is 0 Å². The number of piperidine rings is 1. The Labute approximate surface area is 239 Å². The number of carbonyl (C=O) groups is 1. The third kappa shape index (κ3) is 7.09. The number of likely N-dealkylation sites (N-methyl/N-ethyl adjacent to an activating group) is 2. The first-order valence-electron chi connectivity index (χ1n) is 14.2. The molecule has 0 aromatic carbocycles. The highest BCUT2D eigenvalue weighted by Crippen LogP contribution is 2.33. The third-order valence-electron chi connectivity index (χ3n) is 7.77. The van der Waals surface area contributed by atoms with Crippen molar-refractivity contribution >= 4 is 17.6 Å². The van der Waals surface area contributed by atoms with Crippen LogP contribution in [-0.4, -0.2) is 77.6 Å². The molecule has 1 aromatic heterocycles. The number of hydrogen-bond acceptors (Lipinski definition) is 7. The van der Waals surface area contributed by atoms with Gasteiger partial charge in [-0.05, 0) is 75.4 Å². The lowest BCUT2D eigenvalue weighted by Crippen LogP contribution is -2.38. The molecule has 8 nitrogen and oxygen atoms in total. The minimum atomic E-state index is -0.352. The Morgan fingerprint density at radius 2 is 1.95 bits per heavy atom. The van der Waals surface area contributed by atoms with E-state index < -0.39 is 0 Å². The molecule has 40 heavy (non-hydrogen) atoms. The number of carbonyl (C=O) groups excluding carboxylic acids is 1. The molecule has 3 N–H and O–H groups in total. The number of pyridine rings is 1. The SMILES string of the molecule is CC.Cc1nccc(C2=C(C#N)N(C)C(N)C=C2)c1/C=C(\O)CN1CCC(C2=CC=C(C(=O)N(C)C)CC2)CC1. The molecular formula is C32H44N6O2. The van der Waals surface area contributed by atoms with E-state index in [2.05, 4.69) is 22.0 Å². The molecule has 1 fully saturated rings. The van der Waals surface area contributed by atoms with Crippen LogP contribution in [0.4, 0.5) is 0 Å². The minimum absolute atomic E-state index is 0.0969. The van der Waals surface area contributed by atoms with E-state index in [1.165, 1.54) is 5.57 Å². The number of rotatable bonds is 6. The number of nitrogens with zero attached hydrogens (tertiary/aromatic N) is 5. The van der Waals surface area contributed by atoms with Crippen LogP contribution < -0.4 is 5.73 Å². The van der Waals surface area contributed by atoms with Crippen LogP contribution in [0.1, 0.15) is 56.4 Å². The Balaban J connectivity index is 0.00000216. The summed E-state index contributed by atoms with van der Waals surface area (Å²) in [5.41, 5.74) is 12.1. The summed E-state index contributed by atoms with van der Waals surface area (Å²) in [5, 5.41) is 20.8. The quantitative estimate of drug-likeness (QED) is 0.496. The zero-order valence-electron chi connectivity index (χ0n) is 24.8. The van der Waals surface area contributed by atoms with Gasteiger partial charge in [-0.3, -0.25) is 14.7 Å². The molecule has 0 bridgehead atoms. The van der Waals surface area contributed by atoms with Gasteiger partial charge in [0.25, 0.3) is 0 Å². The lowest BCUT2D eigenvalue weighted by atomic mass is 9.83. The van der Waals surface area contributed by atoms with Crippen LogP contribution in [0.25, 0.3) is 11.6 Å². The molecule has 0 spiro atoms. The van der Waals surface area contributed by atoms with Crippen LogP contribution in [0.15, 0.2) is 59.2 Å². The van der Waals surface area contributed by atoms with Crippen molar-refractivity contribution in [3.05, 3.63) is 76.0 Å². The summed E-state index contributed by atoms with van der Waals surface area (Å²) in [6, 6.07) is 4.16. The van der Waals surface area contributed by atoms with E-state index in [-0.39, 0.29) is 17.8 Å². The highest BCUT2D eigenvalue weighted by molar-refractivity contribution is 5.93. The van der Waals surface area contributed by atoms with Gasteiger partial charge >= 0.3 is 0 Å². The van der Waals surface area contributed by atoms with Crippen molar-refractivity contribution in [2.45, 2.75) is 52.6 Å². The number of aliphatic hydroxyl groups excluding tert-OH is 1. The molecule has 1 unspecified atom stereocenters. The molecule has 1 aromatic rings. The largest absolute Gasteiger partial charge is 0.511 e. The Morgan fingerprint density at radius 3 is 2.55 bits per heavy atom. The minimum Gasteiger partial charge on any atom is -0.511 e. The summed E-state index contributed by atoms with van der Waals surface area (Å²) in [5.74, 6) is 0.894. The number of aromatic nitrogens is 1. The van der Waals surface area contributed by atoms with Crippen molar-refractivity contribution in [3.63, 3.8) is 0 Å². The summed E-state index contributed by atoms with van der Waals surface area (Å²) in [7, 11) is 5.39. The molecule has 0 saturated carbocycles. The van der Waals surface area contributed by atoms with Crippen LogP contribution in [0.3, 0.4) is 0 Å². The Hall–Kier alpha value is -3.67. The Bertz CT molecular complexity index is 1270. The predicted molar refractivity (Wildman–Crippen MR) is 162 cm³/mol. The van der Waals surface area contributed by atoms with Crippen molar-refractivity contribution in [3.8, 4) is 6.07 Å². The number of nitriles is 1. The van der Waals surface area contributed by atoms with Crippen LogP contribution in [0.5, 0.6) is 0 Å². The normalized spacial score (nSPS) is 20.3. The zero-order chi connectivity index (χ0) is 29.4. The standard InChI is InChI=1S/C30H38N6O2.C2H6/c1-20-27(25(11-14-33-20)26-9-10-29(32)35(4)28(26)18-31)17-24(37)19-36-15-12-22(13-16-36)21-5-7-23(8-6-21)30(38)34(2)3;1-2/h5,7,9-11,14,17,22,29,37H,6,8,12-13,15-16,19,32H2,1-4H3;1-2H3/b24-17-;. The maximum Gasteiger partial charge on any atom is 0.249 e. The molecule has 3 aliphatic rings. The second-order valence-electron chi connectivity index (χ2n) is 10.5. The number of aliphatic hydroxyl groups is 1. The van der Waals surface area contributed by atoms with Gasteiger partial charge in [0.05, 0.1) is 12.7 Å². The predicted octanol–water partition coefficient (Wildman–Crippen LogP) is 4.78. The summed E-state index contributed by atoms with van der Waals surface area (Å²) < 4.78 is 0. The van der Waals surface area contributed by atoms with Crippen LogP contribution in [0, 0.1) is 24.2 Å². The molecular weight excluding hydrogens is 500 g/mol. The fraction of sp³-hybridized carbons (Fsp3) is 0.469. The number of aryl methyl sites for hydroxylation is 1. The number of amides is 1. The molecule has 1 saturated heterocycles. The van der Waals surface area contributed by atoms with Crippen LogP contribution in [-0.2, 0) is 4.79 Å². The Morgan fingerprint density at radius 1 is 1.25 bits per heavy atom. The highest BCUT2D eigenvalue weighted by atomic mass is 16.3. The van der Waals surface area contributed by atoms with Gasteiger partial charge in [-0.2, -0.15) is 5.26 Å². The van der Waals surface area contributed by atoms with E-state index >= 15 is 0 Å². The summed E-state index contributed by atoms with van der Waals surface area (Å²) in [6.45, 7) is 8.18. The van der Waals surface area contributed by atoms with Crippen LogP contribution >= 0.6 is 0 Å². The molecule has 0 radical (unpaired) electrons. The van der Waals surface area contributed by atoms with Gasteiger partial charge in [0, 0.05) is 49.7 Å². The van der Waals surface area contributed by atoms with Crippen LogP contribution in [0.2, 0.25) is 0 Å². The average Bonchev–Trinajstić information content (AvgIpc) is 2.96. The van der Waals surface area contributed by atoms with E-state index in [0.717, 1.165) is 66.7 Å². The second kappa shape index (κ2) is 14.1. The summed E-state index contributed by atoms with van der Waals surface area (Å²) in [4.78, 5) is 22.3. The maximum absolute atomic E-state index is 12.2. The Kier molecular flexibility index (Phi) is 10.9.